The number of hydrogen-bond donors (Lipinski definition) is 1. The van der Waals surface area contributed by atoms with E-state index in [-0.39, 0.29) is 34.7 Å². The molecule has 0 bridgehead atoms. The van der Waals surface area contributed by atoms with E-state index in [1.54, 1.807) is 16.7 Å². The first-order valence-corrected chi connectivity index (χ1v) is 8.42. The van der Waals surface area contributed by atoms with Crippen molar-refractivity contribution in [3.63, 3.8) is 0 Å². The van der Waals surface area contributed by atoms with Gasteiger partial charge in [-0.2, -0.15) is 13.2 Å². The van der Waals surface area contributed by atoms with E-state index >= 15 is 0 Å². The van der Waals surface area contributed by atoms with Gasteiger partial charge in [-0.05, 0) is 25.1 Å². The van der Waals surface area contributed by atoms with Crippen molar-refractivity contribution in [2.75, 3.05) is 7.11 Å². The van der Waals surface area contributed by atoms with Crippen molar-refractivity contribution in [3.8, 4) is 11.3 Å². The fourth-order valence-corrected chi connectivity index (χ4v) is 3.01. The van der Waals surface area contributed by atoms with Crippen LogP contribution < -0.4 is 5.73 Å². The molecule has 0 saturated heterocycles. The lowest BCUT2D eigenvalue weighted by molar-refractivity contribution is -0.142. The summed E-state index contributed by atoms with van der Waals surface area (Å²) in [7, 11) is 1.22. The number of carbonyl (C=O) groups excluding carboxylic acids is 1. The van der Waals surface area contributed by atoms with Crippen LogP contribution in [0, 0.1) is 13.5 Å². The van der Waals surface area contributed by atoms with Crippen LogP contribution in [-0.4, -0.2) is 33.5 Å². The van der Waals surface area contributed by atoms with Gasteiger partial charge in [0.2, 0.25) is 5.69 Å². The molecule has 3 heterocycles. The molecular formula is C19H16F3N5O2. The summed E-state index contributed by atoms with van der Waals surface area (Å²) in [6, 6.07) is 2.88. The predicted octanol–water partition coefficient (Wildman–Crippen LogP) is 3.32. The number of nitrogens with two attached hydrogens (primary N) is 1. The number of esters is 1. The summed E-state index contributed by atoms with van der Waals surface area (Å²) in [6.07, 6.45) is -1.61. The molecule has 0 saturated carbocycles. The van der Waals surface area contributed by atoms with Gasteiger partial charge in [-0.25, -0.2) is 9.83 Å². The maximum atomic E-state index is 13.6. The summed E-state index contributed by atoms with van der Waals surface area (Å²) in [4.78, 5) is 22.9. The molecule has 3 rings (SSSR count). The maximum Gasteiger partial charge on any atom is 0.417 e. The number of rotatable bonds is 4. The average molecular weight is 403 g/mol. The number of methoxy groups -OCH3 is 1. The first kappa shape index (κ1) is 20.3. The third-order valence-electron chi connectivity index (χ3n) is 4.43. The van der Waals surface area contributed by atoms with E-state index in [2.05, 4.69) is 19.5 Å². The zero-order valence-electron chi connectivity index (χ0n) is 15.5. The first-order valence-electron chi connectivity index (χ1n) is 8.42. The molecule has 0 aromatic carbocycles. The monoisotopic (exact) mass is 403 g/mol. The van der Waals surface area contributed by atoms with Gasteiger partial charge in [-0.1, -0.05) is 0 Å². The van der Waals surface area contributed by atoms with E-state index in [1.807, 2.05) is 0 Å². The zero-order chi connectivity index (χ0) is 21.3. The van der Waals surface area contributed by atoms with Gasteiger partial charge in [0.1, 0.15) is 11.7 Å². The van der Waals surface area contributed by atoms with Crippen molar-refractivity contribution < 1.29 is 22.7 Å². The predicted molar refractivity (Wildman–Crippen MR) is 98.1 cm³/mol. The molecule has 0 fully saturated rings. The Balaban J connectivity index is 2.19. The van der Waals surface area contributed by atoms with Crippen molar-refractivity contribution in [2.24, 2.45) is 5.73 Å². The van der Waals surface area contributed by atoms with Gasteiger partial charge < -0.3 is 14.9 Å². The lowest BCUT2D eigenvalue weighted by Gasteiger charge is -2.16. The SMILES string of the molecule is [C-]#[N+]c1cc(C(F)(F)F)c(-c2ccc(C[C@H](N)C(=O)OC)n3ccnc23)nc1C. The summed E-state index contributed by atoms with van der Waals surface area (Å²) in [6.45, 7) is 8.54. The van der Waals surface area contributed by atoms with Crippen molar-refractivity contribution in [2.45, 2.75) is 25.6 Å². The van der Waals surface area contributed by atoms with E-state index in [9.17, 15) is 18.0 Å². The van der Waals surface area contributed by atoms with Gasteiger partial charge >= 0.3 is 12.1 Å². The Morgan fingerprint density at radius 1 is 1.41 bits per heavy atom. The molecule has 0 radical (unpaired) electrons. The molecule has 2 N–H and O–H groups in total. The highest BCUT2D eigenvalue weighted by atomic mass is 19.4. The number of pyridine rings is 2. The Hall–Kier alpha value is -3.45. The van der Waals surface area contributed by atoms with Gasteiger partial charge in [0.15, 0.2) is 0 Å². The number of imidazole rings is 1. The Bertz CT molecular complexity index is 1130. The number of fused-ring (bicyclic) bond motifs is 1. The topological polar surface area (TPSA) is 86.9 Å². The molecule has 0 amide bonds. The van der Waals surface area contributed by atoms with Crippen molar-refractivity contribution >= 4 is 17.3 Å². The van der Waals surface area contributed by atoms with Crippen LogP contribution in [0.5, 0.6) is 0 Å². The molecule has 0 spiro atoms. The number of aromatic nitrogens is 3. The summed E-state index contributed by atoms with van der Waals surface area (Å²) < 4.78 is 47.1. The summed E-state index contributed by atoms with van der Waals surface area (Å²) in [5, 5.41) is 0. The van der Waals surface area contributed by atoms with Gasteiger partial charge in [0, 0.05) is 35.8 Å². The van der Waals surface area contributed by atoms with Crippen LogP contribution in [0.3, 0.4) is 0 Å². The summed E-state index contributed by atoms with van der Waals surface area (Å²) >= 11 is 0. The molecule has 150 valence electrons. The Morgan fingerprint density at radius 2 is 2.14 bits per heavy atom. The second-order valence-corrected chi connectivity index (χ2v) is 6.29. The van der Waals surface area contributed by atoms with Crippen LogP contribution in [0.4, 0.5) is 18.9 Å². The molecule has 0 aliphatic heterocycles. The molecule has 0 unspecified atom stereocenters. The van der Waals surface area contributed by atoms with E-state index < -0.39 is 23.8 Å². The molecule has 0 aliphatic rings. The zero-order valence-corrected chi connectivity index (χ0v) is 15.5. The quantitative estimate of drug-likeness (QED) is 0.534. The lowest BCUT2D eigenvalue weighted by atomic mass is 10.0. The molecule has 10 heteroatoms. The first-order chi connectivity index (χ1) is 13.7. The molecule has 29 heavy (non-hydrogen) atoms. The molecule has 0 aliphatic carbocycles. The number of ether oxygens (including phenoxy) is 1. The lowest BCUT2D eigenvalue weighted by Crippen LogP contribution is -2.34. The fraction of sp³-hybridized carbons (Fsp3) is 0.263. The van der Waals surface area contributed by atoms with E-state index in [0.29, 0.717) is 5.69 Å². The van der Waals surface area contributed by atoms with Crippen molar-refractivity contribution in [3.05, 3.63) is 59.0 Å². The minimum atomic E-state index is -4.70. The highest BCUT2D eigenvalue weighted by molar-refractivity contribution is 5.80. The number of alkyl halides is 3. The number of carbonyl (C=O) groups is 1. The Kier molecular flexibility index (Phi) is 5.26. The van der Waals surface area contributed by atoms with Crippen LogP contribution in [0.25, 0.3) is 21.7 Å². The van der Waals surface area contributed by atoms with Crippen LogP contribution in [0.1, 0.15) is 17.0 Å². The Labute approximate surface area is 163 Å². The van der Waals surface area contributed by atoms with E-state index in [4.69, 9.17) is 12.3 Å². The van der Waals surface area contributed by atoms with Crippen LogP contribution in [0.15, 0.2) is 30.6 Å². The highest BCUT2D eigenvalue weighted by Crippen LogP contribution is 2.40. The largest absolute Gasteiger partial charge is 0.468 e. The maximum absolute atomic E-state index is 13.6. The average Bonchev–Trinajstić information content (AvgIpc) is 3.16. The Morgan fingerprint density at radius 3 is 2.76 bits per heavy atom. The van der Waals surface area contributed by atoms with Gasteiger partial charge in [0.05, 0.1) is 24.9 Å². The number of hydrogen-bond acceptors (Lipinski definition) is 5. The molecule has 3 aromatic heterocycles. The van der Waals surface area contributed by atoms with Crippen LogP contribution in [-0.2, 0) is 22.1 Å². The van der Waals surface area contributed by atoms with Gasteiger partial charge in [0.25, 0.3) is 0 Å². The van der Waals surface area contributed by atoms with Crippen LogP contribution in [0.2, 0.25) is 0 Å². The molecule has 3 aromatic rings. The standard InChI is InChI=1S/C19H16F3N5O2/c1-10-15(24-2)9-13(19(20,21)22)16(26-10)12-5-4-11(8-14(23)18(28)29-3)27-7-6-25-17(12)27/h4-7,9,14H,8,23H2,1,3H3/t14-/m0/s1. The summed E-state index contributed by atoms with van der Waals surface area (Å²) in [5.41, 5.74) is 5.44. The third-order valence-corrected chi connectivity index (χ3v) is 4.43. The second-order valence-electron chi connectivity index (χ2n) is 6.29. The third kappa shape index (κ3) is 3.77. The molecular weight excluding hydrogens is 387 g/mol. The molecule has 7 nitrogen and oxygen atoms in total. The number of nitrogens with zero attached hydrogens (tertiary/aromatic N) is 4. The number of halogens is 3. The smallest absolute Gasteiger partial charge is 0.417 e. The summed E-state index contributed by atoms with van der Waals surface area (Å²) in [5.74, 6) is -0.603. The van der Waals surface area contributed by atoms with Crippen molar-refractivity contribution in [1.29, 1.82) is 0 Å². The fourth-order valence-electron chi connectivity index (χ4n) is 3.01. The van der Waals surface area contributed by atoms with Gasteiger partial charge in [-0.3, -0.25) is 9.78 Å². The van der Waals surface area contributed by atoms with E-state index in [1.165, 1.54) is 26.3 Å². The second kappa shape index (κ2) is 7.52. The van der Waals surface area contributed by atoms with Gasteiger partial charge in [-0.15, -0.1) is 0 Å². The van der Waals surface area contributed by atoms with E-state index in [0.717, 1.165) is 6.07 Å². The minimum absolute atomic E-state index is 0.106. The minimum Gasteiger partial charge on any atom is -0.468 e. The van der Waals surface area contributed by atoms with Crippen LogP contribution >= 0.6 is 0 Å². The number of aryl methyl sites for hydroxylation is 1. The normalized spacial score (nSPS) is 12.6. The molecule has 1 atom stereocenters. The highest BCUT2D eigenvalue weighted by Gasteiger charge is 2.36. The van der Waals surface area contributed by atoms with Crippen molar-refractivity contribution in [1.82, 2.24) is 14.4 Å².